The number of amides is 1. The quantitative estimate of drug-likeness (QED) is 0.644. The topological polar surface area (TPSA) is 65.7 Å². The van der Waals surface area contributed by atoms with Crippen molar-refractivity contribution in [2.75, 3.05) is 6.61 Å². The largest absolute Gasteiger partial charge is 0.484 e. The highest BCUT2D eigenvalue weighted by molar-refractivity contribution is 7.12. The van der Waals surface area contributed by atoms with Crippen LogP contribution < -0.4 is 4.74 Å². The molecule has 1 atom stereocenters. The Morgan fingerprint density at radius 3 is 2.63 bits per heavy atom. The Hall–Kier alpha value is -2.95. The number of carbonyl (C=O) groups excluding carboxylic acids is 1. The molecule has 3 heterocycles. The van der Waals surface area contributed by atoms with Crippen molar-refractivity contribution in [1.29, 1.82) is 5.26 Å². The summed E-state index contributed by atoms with van der Waals surface area (Å²) in [6.07, 6.45) is 0.698. The van der Waals surface area contributed by atoms with Crippen LogP contribution in [-0.2, 0) is 4.79 Å². The molecule has 7 heteroatoms. The molecule has 0 N–H and O–H groups in total. The summed E-state index contributed by atoms with van der Waals surface area (Å²) in [7, 11) is 0. The zero-order chi connectivity index (χ0) is 18.6. The van der Waals surface area contributed by atoms with E-state index in [9.17, 15) is 4.79 Å². The fraction of sp³-hybridized carbons (Fsp3) is 0.150. The molecule has 1 amide bonds. The summed E-state index contributed by atoms with van der Waals surface area (Å²) in [6, 6.07) is 16.7. The molecule has 2 aromatic heterocycles. The smallest absolute Gasteiger partial charge is 0.281 e. The highest BCUT2D eigenvalue weighted by Crippen LogP contribution is 2.35. The number of hydrogen-bond acceptors (Lipinski definition) is 6. The van der Waals surface area contributed by atoms with E-state index in [1.165, 1.54) is 0 Å². The molecular formula is C20H15N3O2S2. The first-order valence-electron chi connectivity index (χ1n) is 8.34. The highest BCUT2D eigenvalue weighted by Gasteiger charge is 2.34. The summed E-state index contributed by atoms with van der Waals surface area (Å²) in [6.45, 7) is -0.102. The zero-order valence-corrected chi connectivity index (χ0v) is 15.9. The molecule has 0 saturated heterocycles. The van der Waals surface area contributed by atoms with Gasteiger partial charge in [0.25, 0.3) is 5.91 Å². The van der Waals surface area contributed by atoms with E-state index in [0.717, 1.165) is 15.5 Å². The second-order valence-electron chi connectivity index (χ2n) is 5.92. The number of carbonyl (C=O) groups is 1. The third-order valence-electron chi connectivity index (χ3n) is 4.19. The molecule has 0 bridgehead atoms. The van der Waals surface area contributed by atoms with Gasteiger partial charge in [-0.3, -0.25) is 4.79 Å². The lowest BCUT2D eigenvalue weighted by atomic mass is 10.1. The standard InChI is InChI=1S/C20H15N3O2S2/c21-12-14-5-7-15(8-6-14)25-13-20(24)23-17(19-4-2-10-27-19)11-16(22-23)18-3-1-9-26-18/h1-10,17H,11,13H2/t17-/m1/s1. The molecule has 1 aliphatic heterocycles. The first-order chi connectivity index (χ1) is 13.2. The Kier molecular flexibility index (Phi) is 5.01. The third kappa shape index (κ3) is 3.77. The van der Waals surface area contributed by atoms with Gasteiger partial charge in [-0.15, -0.1) is 22.7 Å². The Morgan fingerprint density at radius 2 is 1.96 bits per heavy atom. The van der Waals surface area contributed by atoms with Gasteiger partial charge in [-0.05, 0) is 47.2 Å². The molecule has 0 aliphatic carbocycles. The minimum Gasteiger partial charge on any atom is -0.484 e. The fourth-order valence-electron chi connectivity index (χ4n) is 2.87. The normalized spacial score (nSPS) is 16.0. The first-order valence-corrected chi connectivity index (χ1v) is 10.1. The van der Waals surface area contributed by atoms with E-state index in [0.29, 0.717) is 17.7 Å². The van der Waals surface area contributed by atoms with Crippen LogP contribution in [0.15, 0.2) is 64.4 Å². The summed E-state index contributed by atoms with van der Waals surface area (Å²) in [5.74, 6) is 0.362. The second-order valence-corrected chi connectivity index (χ2v) is 7.85. The number of nitrogens with zero attached hydrogens (tertiary/aromatic N) is 3. The Bertz CT molecular complexity index is 987. The number of benzene rings is 1. The van der Waals surface area contributed by atoms with Gasteiger partial charge in [-0.2, -0.15) is 10.4 Å². The number of thiophene rings is 2. The van der Waals surface area contributed by atoms with Crippen molar-refractivity contribution in [2.24, 2.45) is 5.10 Å². The molecule has 4 rings (SSSR count). The number of ether oxygens (including phenoxy) is 1. The number of rotatable bonds is 5. The summed E-state index contributed by atoms with van der Waals surface area (Å²) < 4.78 is 5.61. The monoisotopic (exact) mass is 393 g/mol. The van der Waals surface area contributed by atoms with Crippen LogP contribution in [-0.4, -0.2) is 23.2 Å². The van der Waals surface area contributed by atoms with Gasteiger partial charge in [0, 0.05) is 11.3 Å². The molecule has 1 aliphatic rings. The van der Waals surface area contributed by atoms with E-state index >= 15 is 0 Å². The molecule has 0 unspecified atom stereocenters. The third-order valence-corrected chi connectivity index (χ3v) is 6.08. The van der Waals surface area contributed by atoms with Gasteiger partial charge < -0.3 is 4.74 Å². The van der Waals surface area contributed by atoms with Crippen LogP contribution in [0.5, 0.6) is 5.75 Å². The van der Waals surface area contributed by atoms with Gasteiger partial charge in [-0.25, -0.2) is 5.01 Å². The molecule has 0 fully saturated rings. The molecule has 1 aromatic carbocycles. The SMILES string of the molecule is N#Cc1ccc(OCC(=O)N2N=C(c3cccs3)C[C@@H]2c2cccs2)cc1. The van der Waals surface area contributed by atoms with Crippen molar-refractivity contribution in [3.05, 3.63) is 74.6 Å². The number of hydrogen-bond donors (Lipinski definition) is 0. The van der Waals surface area contributed by atoms with Crippen LogP contribution >= 0.6 is 22.7 Å². The van der Waals surface area contributed by atoms with E-state index in [1.807, 2.05) is 35.0 Å². The van der Waals surface area contributed by atoms with Crippen LogP contribution in [0.2, 0.25) is 0 Å². The maximum Gasteiger partial charge on any atom is 0.281 e. The molecule has 0 spiro atoms. The van der Waals surface area contributed by atoms with Gasteiger partial charge in [0.05, 0.1) is 28.3 Å². The van der Waals surface area contributed by atoms with Crippen LogP contribution in [0.25, 0.3) is 0 Å². The second kappa shape index (κ2) is 7.74. The van der Waals surface area contributed by atoms with Crippen molar-refractivity contribution >= 4 is 34.3 Å². The highest BCUT2D eigenvalue weighted by atomic mass is 32.1. The van der Waals surface area contributed by atoms with Crippen molar-refractivity contribution < 1.29 is 9.53 Å². The Morgan fingerprint density at radius 1 is 1.19 bits per heavy atom. The van der Waals surface area contributed by atoms with E-state index in [-0.39, 0.29) is 18.6 Å². The van der Waals surface area contributed by atoms with Crippen LogP contribution in [0.3, 0.4) is 0 Å². The van der Waals surface area contributed by atoms with E-state index in [1.54, 1.807) is 51.9 Å². The van der Waals surface area contributed by atoms with Gasteiger partial charge in [0.1, 0.15) is 5.75 Å². The van der Waals surface area contributed by atoms with E-state index in [4.69, 9.17) is 10.00 Å². The molecule has 5 nitrogen and oxygen atoms in total. The number of hydrazone groups is 1. The maximum absolute atomic E-state index is 12.8. The Balaban J connectivity index is 1.50. The number of nitriles is 1. The van der Waals surface area contributed by atoms with Gasteiger partial charge in [0.2, 0.25) is 0 Å². The minimum atomic E-state index is -0.190. The Labute approximate surface area is 164 Å². The summed E-state index contributed by atoms with van der Waals surface area (Å²) >= 11 is 3.25. The molecule has 27 heavy (non-hydrogen) atoms. The zero-order valence-electron chi connectivity index (χ0n) is 14.2. The predicted molar refractivity (Wildman–Crippen MR) is 106 cm³/mol. The lowest BCUT2D eigenvalue weighted by Crippen LogP contribution is -2.31. The van der Waals surface area contributed by atoms with Crippen molar-refractivity contribution in [3.8, 4) is 11.8 Å². The summed E-state index contributed by atoms with van der Waals surface area (Å²) in [5.41, 5.74) is 1.48. The summed E-state index contributed by atoms with van der Waals surface area (Å²) in [5, 5.41) is 19.0. The molecule has 0 saturated carbocycles. The van der Waals surface area contributed by atoms with Gasteiger partial charge in [0.15, 0.2) is 6.61 Å². The first kappa shape index (κ1) is 17.5. The lowest BCUT2D eigenvalue weighted by Gasteiger charge is -2.20. The van der Waals surface area contributed by atoms with Crippen LogP contribution in [0.1, 0.15) is 27.8 Å². The van der Waals surface area contributed by atoms with Gasteiger partial charge in [-0.1, -0.05) is 12.1 Å². The summed E-state index contributed by atoms with van der Waals surface area (Å²) in [4.78, 5) is 15.0. The maximum atomic E-state index is 12.8. The molecular weight excluding hydrogens is 378 g/mol. The lowest BCUT2D eigenvalue weighted by molar-refractivity contribution is -0.135. The minimum absolute atomic E-state index is 0.0980. The molecule has 134 valence electrons. The van der Waals surface area contributed by atoms with Crippen LogP contribution in [0, 0.1) is 11.3 Å². The fourth-order valence-corrected chi connectivity index (χ4v) is 4.40. The van der Waals surface area contributed by atoms with Crippen molar-refractivity contribution in [1.82, 2.24) is 5.01 Å². The molecule has 3 aromatic rings. The van der Waals surface area contributed by atoms with Gasteiger partial charge >= 0.3 is 0 Å². The van der Waals surface area contributed by atoms with E-state index < -0.39 is 0 Å². The predicted octanol–water partition coefficient (Wildman–Crippen LogP) is 4.44. The van der Waals surface area contributed by atoms with Crippen LogP contribution in [0.4, 0.5) is 0 Å². The van der Waals surface area contributed by atoms with Crippen molar-refractivity contribution in [3.63, 3.8) is 0 Å². The van der Waals surface area contributed by atoms with E-state index in [2.05, 4.69) is 11.2 Å². The average Bonchev–Trinajstić information content (AvgIpc) is 3.46. The average molecular weight is 393 g/mol. The molecule has 0 radical (unpaired) electrons. The van der Waals surface area contributed by atoms with Crippen molar-refractivity contribution in [2.45, 2.75) is 12.5 Å².